The summed E-state index contributed by atoms with van der Waals surface area (Å²) in [6, 6.07) is 24.3. The van der Waals surface area contributed by atoms with Gasteiger partial charge in [0.2, 0.25) is 11.8 Å². The van der Waals surface area contributed by atoms with Crippen LogP contribution in [0.25, 0.3) is 22.8 Å². The fraction of sp³-hybridized carbons (Fsp3) is 0.154. The SMILES string of the molecule is Cc1cccc(-c2nnc(C(C)Sc3nnc(-c4ccc(F)cc4)n3Cc3ccccc3)o2)c1. The first-order valence-electron chi connectivity index (χ1n) is 10.9. The van der Waals surface area contributed by atoms with Gasteiger partial charge in [-0.05, 0) is 55.8 Å². The number of rotatable bonds is 7. The number of nitrogens with zero attached hydrogens (tertiary/aromatic N) is 5. The third-order valence-corrected chi connectivity index (χ3v) is 6.41. The minimum absolute atomic E-state index is 0.147. The first-order valence-corrected chi connectivity index (χ1v) is 11.7. The minimum Gasteiger partial charge on any atom is -0.419 e. The van der Waals surface area contributed by atoms with Crippen LogP contribution in [-0.4, -0.2) is 25.0 Å². The van der Waals surface area contributed by atoms with Gasteiger partial charge in [0.05, 0.1) is 11.8 Å². The molecule has 0 amide bonds. The molecule has 0 saturated carbocycles. The van der Waals surface area contributed by atoms with Crippen molar-refractivity contribution in [1.82, 2.24) is 25.0 Å². The third-order valence-electron chi connectivity index (χ3n) is 5.34. The van der Waals surface area contributed by atoms with Gasteiger partial charge in [-0.1, -0.05) is 59.8 Å². The summed E-state index contributed by atoms with van der Waals surface area (Å²) in [6.45, 7) is 4.60. The minimum atomic E-state index is -0.290. The van der Waals surface area contributed by atoms with Gasteiger partial charge in [-0.2, -0.15) is 0 Å². The lowest BCUT2D eigenvalue weighted by atomic mass is 10.1. The van der Waals surface area contributed by atoms with E-state index in [-0.39, 0.29) is 11.1 Å². The normalized spacial score (nSPS) is 12.1. The molecule has 8 heteroatoms. The Labute approximate surface area is 200 Å². The first kappa shape index (κ1) is 22.0. The van der Waals surface area contributed by atoms with Gasteiger partial charge < -0.3 is 4.42 Å². The largest absolute Gasteiger partial charge is 0.419 e. The van der Waals surface area contributed by atoms with Crippen LogP contribution in [0, 0.1) is 12.7 Å². The highest BCUT2D eigenvalue weighted by molar-refractivity contribution is 7.99. The maximum Gasteiger partial charge on any atom is 0.247 e. The molecule has 0 spiro atoms. The van der Waals surface area contributed by atoms with Gasteiger partial charge in [0.15, 0.2) is 11.0 Å². The Kier molecular flexibility index (Phi) is 6.22. The standard InChI is InChI=1S/C26H22FN5OS/c1-17-7-6-10-21(15-17)25-30-29-24(33-25)18(2)34-26-31-28-23(20-11-13-22(27)14-12-20)32(26)16-19-8-4-3-5-9-19/h3-15,18H,16H2,1-2H3. The predicted octanol–water partition coefficient (Wildman–Crippen LogP) is 6.34. The van der Waals surface area contributed by atoms with Gasteiger partial charge in [0, 0.05) is 11.1 Å². The summed E-state index contributed by atoms with van der Waals surface area (Å²) < 4.78 is 21.5. The van der Waals surface area contributed by atoms with Gasteiger partial charge in [0.25, 0.3) is 0 Å². The highest BCUT2D eigenvalue weighted by atomic mass is 32.2. The van der Waals surface area contributed by atoms with Crippen molar-refractivity contribution in [1.29, 1.82) is 0 Å². The number of hydrogen-bond donors (Lipinski definition) is 0. The molecular weight excluding hydrogens is 449 g/mol. The van der Waals surface area contributed by atoms with Crippen molar-refractivity contribution in [2.75, 3.05) is 0 Å². The van der Waals surface area contributed by atoms with Gasteiger partial charge in [-0.25, -0.2) is 4.39 Å². The molecule has 0 aliphatic heterocycles. The third kappa shape index (κ3) is 4.77. The van der Waals surface area contributed by atoms with Crippen LogP contribution >= 0.6 is 11.8 Å². The number of hydrogen-bond acceptors (Lipinski definition) is 6. The van der Waals surface area contributed by atoms with Crippen molar-refractivity contribution in [3.63, 3.8) is 0 Å². The molecular formula is C26H22FN5OS. The summed E-state index contributed by atoms with van der Waals surface area (Å²) in [5.41, 5.74) is 3.92. The van der Waals surface area contributed by atoms with Crippen molar-refractivity contribution < 1.29 is 8.81 Å². The molecule has 2 heterocycles. The molecule has 170 valence electrons. The second-order valence-electron chi connectivity index (χ2n) is 7.96. The van der Waals surface area contributed by atoms with E-state index in [0.717, 1.165) is 22.3 Å². The zero-order valence-corrected chi connectivity index (χ0v) is 19.5. The quantitative estimate of drug-likeness (QED) is 0.258. The van der Waals surface area contributed by atoms with Gasteiger partial charge in [-0.3, -0.25) is 4.57 Å². The van der Waals surface area contributed by atoms with Crippen molar-refractivity contribution in [3.05, 3.63) is 102 Å². The van der Waals surface area contributed by atoms with E-state index in [1.165, 1.54) is 23.9 Å². The van der Waals surface area contributed by atoms with Crippen LogP contribution in [0.3, 0.4) is 0 Å². The molecule has 0 N–H and O–H groups in total. The Morgan fingerprint density at radius 1 is 0.882 bits per heavy atom. The molecule has 0 saturated heterocycles. The Morgan fingerprint density at radius 2 is 1.68 bits per heavy atom. The fourth-order valence-electron chi connectivity index (χ4n) is 3.60. The summed E-state index contributed by atoms with van der Waals surface area (Å²) in [4.78, 5) is 0. The molecule has 0 bridgehead atoms. The zero-order chi connectivity index (χ0) is 23.5. The second-order valence-corrected chi connectivity index (χ2v) is 9.27. The highest BCUT2D eigenvalue weighted by Crippen LogP contribution is 2.36. The predicted molar refractivity (Wildman–Crippen MR) is 130 cm³/mol. The molecule has 0 radical (unpaired) electrons. The van der Waals surface area contributed by atoms with Gasteiger partial charge in [-0.15, -0.1) is 20.4 Å². The molecule has 34 heavy (non-hydrogen) atoms. The summed E-state index contributed by atoms with van der Waals surface area (Å²) in [6.07, 6.45) is 0. The molecule has 5 aromatic rings. The lowest BCUT2D eigenvalue weighted by Crippen LogP contribution is -2.05. The molecule has 0 fully saturated rings. The smallest absolute Gasteiger partial charge is 0.247 e. The molecule has 6 nitrogen and oxygen atoms in total. The van der Waals surface area contributed by atoms with Crippen molar-refractivity contribution >= 4 is 11.8 Å². The Bertz CT molecular complexity index is 1400. The van der Waals surface area contributed by atoms with E-state index in [1.54, 1.807) is 12.1 Å². The molecule has 1 atom stereocenters. The van der Waals surface area contributed by atoms with Crippen molar-refractivity contribution in [2.45, 2.75) is 30.8 Å². The van der Waals surface area contributed by atoms with Crippen LogP contribution < -0.4 is 0 Å². The average molecular weight is 472 g/mol. The van der Waals surface area contributed by atoms with E-state index >= 15 is 0 Å². The zero-order valence-electron chi connectivity index (χ0n) is 18.7. The Hall–Kier alpha value is -3.78. The summed E-state index contributed by atoms with van der Waals surface area (Å²) in [5.74, 6) is 1.38. The Balaban J connectivity index is 1.44. The number of aryl methyl sites for hydroxylation is 1. The molecule has 2 aromatic heterocycles. The van der Waals surface area contributed by atoms with Crippen LogP contribution in [0.5, 0.6) is 0 Å². The fourth-order valence-corrected chi connectivity index (χ4v) is 4.48. The van der Waals surface area contributed by atoms with E-state index < -0.39 is 0 Å². The summed E-state index contributed by atoms with van der Waals surface area (Å²) in [5, 5.41) is 17.9. The molecule has 1 unspecified atom stereocenters. The van der Waals surface area contributed by atoms with Gasteiger partial charge >= 0.3 is 0 Å². The highest BCUT2D eigenvalue weighted by Gasteiger charge is 2.22. The number of thioether (sulfide) groups is 1. The van der Waals surface area contributed by atoms with Crippen molar-refractivity contribution in [2.24, 2.45) is 0 Å². The average Bonchev–Trinajstić information content (AvgIpc) is 3.49. The number of halogens is 1. The van der Waals surface area contributed by atoms with Gasteiger partial charge in [0.1, 0.15) is 5.82 Å². The Morgan fingerprint density at radius 3 is 2.44 bits per heavy atom. The second kappa shape index (κ2) is 9.61. The number of aromatic nitrogens is 5. The van der Waals surface area contributed by atoms with Crippen LogP contribution in [0.2, 0.25) is 0 Å². The lowest BCUT2D eigenvalue weighted by molar-refractivity contribution is 0.508. The van der Waals surface area contributed by atoms with Crippen LogP contribution in [0.1, 0.15) is 29.2 Å². The maximum atomic E-state index is 13.5. The first-order chi connectivity index (χ1) is 16.6. The van der Waals surface area contributed by atoms with E-state index in [9.17, 15) is 4.39 Å². The van der Waals surface area contributed by atoms with Crippen LogP contribution in [-0.2, 0) is 6.54 Å². The molecule has 3 aromatic carbocycles. The van der Waals surface area contributed by atoms with E-state index in [2.05, 4.69) is 32.5 Å². The molecule has 0 aliphatic rings. The van der Waals surface area contributed by atoms with Crippen LogP contribution in [0.15, 0.2) is 88.4 Å². The van der Waals surface area contributed by atoms with E-state index in [0.29, 0.717) is 29.3 Å². The van der Waals surface area contributed by atoms with E-state index in [1.807, 2.05) is 60.9 Å². The van der Waals surface area contributed by atoms with E-state index in [4.69, 9.17) is 4.42 Å². The lowest BCUT2D eigenvalue weighted by Gasteiger charge is -2.12. The monoisotopic (exact) mass is 471 g/mol. The maximum absolute atomic E-state index is 13.5. The van der Waals surface area contributed by atoms with Crippen LogP contribution in [0.4, 0.5) is 4.39 Å². The summed E-state index contributed by atoms with van der Waals surface area (Å²) in [7, 11) is 0. The summed E-state index contributed by atoms with van der Waals surface area (Å²) >= 11 is 1.49. The number of benzene rings is 3. The topological polar surface area (TPSA) is 69.6 Å². The van der Waals surface area contributed by atoms with Crippen molar-refractivity contribution in [3.8, 4) is 22.8 Å². The molecule has 0 aliphatic carbocycles. The molecule has 5 rings (SSSR count).